The Balaban J connectivity index is 0.000000192. The van der Waals surface area contributed by atoms with Gasteiger partial charge in [-0.3, -0.25) is 9.69 Å². The molecule has 188 valence electrons. The molecule has 2 fully saturated rings. The first kappa shape index (κ1) is 27.3. The van der Waals surface area contributed by atoms with Crippen LogP contribution in [-0.4, -0.2) is 68.6 Å². The summed E-state index contributed by atoms with van der Waals surface area (Å²) in [4.78, 5) is 16.8. The predicted molar refractivity (Wildman–Crippen MR) is 142 cm³/mol. The SMILES string of the molecule is CSC(=O)N1CCCC(N(C)Cc2ccco2)C1.C[C@@H]1CCCCN1S(=O)c1ccc(Cl)cc1. The number of hydrogen-bond acceptors (Lipinski definition) is 5. The average Bonchev–Trinajstić information content (AvgIpc) is 3.37. The number of thioether (sulfide) groups is 1. The number of rotatable bonds is 5. The van der Waals surface area contributed by atoms with Crippen LogP contribution >= 0.6 is 23.4 Å². The van der Waals surface area contributed by atoms with Gasteiger partial charge in [0.15, 0.2) is 0 Å². The van der Waals surface area contributed by atoms with Crippen molar-refractivity contribution in [2.45, 2.75) is 62.6 Å². The molecule has 2 saturated heterocycles. The molecule has 0 bridgehead atoms. The van der Waals surface area contributed by atoms with E-state index in [0.29, 0.717) is 17.1 Å². The molecule has 0 spiro atoms. The summed E-state index contributed by atoms with van der Waals surface area (Å²) in [7, 11) is 1.06. The summed E-state index contributed by atoms with van der Waals surface area (Å²) in [6.45, 7) is 5.60. The smallest absolute Gasteiger partial charge is 0.281 e. The van der Waals surface area contributed by atoms with E-state index in [4.69, 9.17) is 16.0 Å². The third kappa shape index (κ3) is 7.85. The Morgan fingerprint density at radius 1 is 1.18 bits per heavy atom. The molecular weight excluding hydrogens is 490 g/mol. The first-order valence-electron chi connectivity index (χ1n) is 11.9. The van der Waals surface area contributed by atoms with Crippen LogP contribution in [0.4, 0.5) is 4.79 Å². The lowest BCUT2D eigenvalue weighted by Crippen LogP contribution is -2.47. The first-order valence-corrected chi connectivity index (χ1v) is 14.6. The number of carbonyl (C=O) groups is 1. The molecule has 3 atom stereocenters. The zero-order valence-electron chi connectivity index (χ0n) is 20.3. The zero-order chi connectivity index (χ0) is 24.5. The number of piperidine rings is 2. The Morgan fingerprint density at radius 2 is 1.94 bits per heavy atom. The summed E-state index contributed by atoms with van der Waals surface area (Å²) in [5, 5.41) is 0.874. The fraction of sp³-hybridized carbons (Fsp3) is 0.560. The van der Waals surface area contributed by atoms with Gasteiger partial charge in [0.2, 0.25) is 0 Å². The van der Waals surface area contributed by atoms with Crippen LogP contribution in [0.15, 0.2) is 52.0 Å². The minimum absolute atomic E-state index is 0.186. The van der Waals surface area contributed by atoms with E-state index < -0.39 is 11.0 Å². The van der Waals surface area contributed by atoms with Crippen molar-refractivity contribution in [1.29, 1.82) is 0 Å². The van der Waals surface area contributed by atoms with Crippen molar-refractivity contribution in [1.82, 2.24) is 14.1 Å². The Morgan fingerprint density at radius 3 is 2.59 bits per heavy atom. The highest BCUT2D eigenvalue weighted by atomic mass is 35.5. The summed E-state index contributed by atoms with van der Waals surface area (Å²) in [5.41, 5.74) is 0. The lowest BCUT2D eigenvalue weighted by atomic mass is 10.1. The number of benzene rings is 1. The fourth-order valence-corrected chi connectivity index (χ4v) is 6.31. The summed E-state index contributed by atoms with van der Waals surface area (Å²) in [5.74, 6) is 0.978. The topological polar surface area (TPSA) is 57.0 Å². The van der Waals surface area contributed by atoms with Crippen LogP contribution in [0.3, 0.4) is 0 Å². The lowest BCUT2D eigenvalue weighted by Gasteiger charge is -2.37. The van der Waals surface area contributed by atoms with Crippen LogP contribution in [0.2, 0.25) is 5.02 Å². The van der Waals surface area contributed by atoms with Gasteiger partial charge < -0.3 is 9.32 Å². The molecule has 4 rings (SSSR count). The Labute approximate surface area is 215 Å². The number of amides is 1. The summed E-state index contributed by atoms with van der Waals surface area (Å²) < 4.78 is 19.8. The minimum atomic E-state index is -1.03. The van der Waals surface area contributed by atoms with Crippen molar-refractivity contribution in [3.63, 3.8) is 0 Å². The maximum absolute atomic E-state index is 12.3. The van der Waals surface area contributed by atoms with Gasteiger partial charge in [-0.15, -0.1) is 0 Å². The number of likely N-dealkylation sites (tertiary alicyclic amines) is 1. The molecule has 9 heteroatoms. The third-order valence-electron chi connectivity index (χ3n) is 6.41. The molecule has 3 heterocycles. The van der Waals surface area contributed by atoms with E-state index in [1.54, 1.807) is 18.4 Å². The summed E-state index contributed by atoms with van der Waals surface area (Å²) in [6.07, 6.45) is 9.30. The van der Waals surface area contributed by atoms with E-state index in [9.17, 15) is 9.00 Å². The van der Waals surface area contributed by atoms with E-state index >= 15 is 0 Å². The molecule has 6 nitrogen and oxygen atoms in total. The van der Waals surface area contributed by atoms with Gasteiger partial charge in [-0.1, -0.05) is 29.8 Å². The number of carbonyl (C=O) groups excluding carboxylic acids is 1. The molecule has 0 aliphatic carbocycles. The van der Waals surface area contributed by atoms with Crippen LogP contribution < -0.4 is 0 Å². The normalized spacial score (nSPS) is 22.2. The molecule has 2 unspecified atom stereocenters. The van der Waals surface area contributed by atoms with E-state index in [-0.39, 0.29) is 5.24 Å². The van der Waals surface area contributed by atoms with Gasteiger partial charge in [0.05, 0.1) is 17.7 Å². The molecule has 1 aromatic carbocycles. The number of hydrogen-bond donors (Lipinski definition) is 0. The van der Waals surface area contributed by atoms with Crippen LogP contribution in [0.1, 0.15) is 44.8 Å². The van der Waals surface area contributed by atoms with Crippen molar-refractivity contribution in [3.05, 3.63) is 53.4 Å². The van der Waals surface area contributed by atoms with Crippen molar-refractivity contribution in [3.8, 4) is 0 Å². The molecule has 2 aromatic rings. The number of furan rings is 1. The second-order valence-electron chi connectivity index (χ2n) is 8.90. The Bertz CT molecular complexity index is 911. The van der Waals surface area contributed by atoms with Crippen LogP contribution in [0, 0.1) is 0 Å². The minimum Gasteiger partial charge on any atom is -0.468 e. The highest BCUT2D eigenvalue weighted by molar-refractivity contribution is 8.12. The molecule has 2 aliphatic rings. The van der Waals surface area contributed by atoms with Gasteiger partial charge in [-0.2, -0.15) is 0 Å². The monoisotopic (exact) mass is 525 g/mol. The Hall–Kier alpha value is -1.32. The van der Waals surface area contributed by atoms with Gasteiger partial charge in [-0.25, -0.2) is 8.51 Å². The average molecular weight is 526 g/mol. The highest BCUT2D eigenvalue weighted by Crippen LogP contribution is 2.23. The number of nitrogens with zero attached hydrogens (tertiary/aromatic N) is 3. The van der Waals surface area contributed by atoms with Gasteiger partial charge in [0.25, 0.3) is 5.24 Å². The number of halogens is 1. The van der Waals surface area contributed by atoms with Crippen LogP contribution in [-0.2, 0) is 17.5 Å². The molecule has 0 N–H and O–H groups in total. The Kier molecular flexibility index (Phi) is 11.0. The number of likely N-dealkylation sites (N-methyl/N-ethyl adjacent to an activating group) is 1. The highest BCUT2D eigenvalue weighted by Gasteiger charge is 2.26. The van der Waals surface area contributed by atoms with Crippen molar-refractivity contribution in [2.75, 3.05) is 32.9 Å². The van der Waals surface area contributed by atoms with Crippen molar-refractivity contribution < 1.29 is 13.4 Å². The predicted octanol–water partition coefficient (Wildman–Crippen LogP) is 5.90. The van der Waals surface area contributed by atoms with Gasteiger partial charge in [0, 0.05) is 36.7 Å². The van der Waals surface area contributed by atoms with Crippen LogP contribution in [0.25, 0.3) is 0 Å². The largest absolute Gasteiger partial charge is 0.468 e. The van der Waals surface area contributed by atoms with Gasteiger partial charge in [-0.05, 0) is 82.3 Å². The summed E-state index contributed by atoms with van der Waals surface area (Å²) >= 11 is 7.12. The quantitative estimate of drug-likeness (QED) is 0.486. The molecule has 2 aliphatic heterocycles. The fourth-order valence-electron chi connectivity index (χ4n) is 4.39. The van der Waals surface area contributed by atoms with E-state index in [0.717, 1.165) is 62.5 Å². The maximum Gasteiger partial charge on any atom is 0.281 e. The van der Waals surface area contributed by atoms with E-state index in [2.05, 4.69) is 23.2 Å². The molecule has 34 heavy (non-hydrogen) atoms. The van der Waals surface area contributed by atoms with Gasteiger partial charge >= 0.3 is 0 Å². The van der Waals surface area contributed by atoms with Crippen molar-refractivity contribution >= 4 is 39.6 Å². The standard InChI is InChI=1S/C13H20N2O2S.C12H16ClNOS/c1-14(10-12-6-4-8-17-12)11-5-3-7-15(9-11)13(16)18-2;1-10-4-2-3-9-14(10)16(15)12-7-5-11(13)6-8-12/h4,6,8,11H,3,5,7,9-10H2,1-2H3;5-8,10H,2-4,9H2,1H3/t;10-,16?/m.1/s1. The third-order valence-corrected chi connectivity index (χ3v) is 8.91. The van der Waals surface area contributed by atoms with Gasteiger partial charge in [0.1, 0.15) is 16.7 Å². The second kappa shape index (κ2) is 13.7. The molecule has 0 radical (unpaired) electrons. The maximum atomic E-state index is 12.3. The van der Waals surface area contributed by atoms with E-state index in [1.165, 1.54) is 18.2 Å². The van der Waals surface area contributed by atoms with E-state index in [1.807, 2.05) is 35.4 Å². The molecule has 1 amide bonds. The molecular formula is C25H36ClN3O3S2. The summed E-state index contributed by atoms with van der Waals surface area (Å²) in [6, 6.07) is 12.0. The molecule has 1 aromatic heterocycles. The van der Waals surface area contributed by atoms with Crippen LogP contribution in [0.5, 0.6) is 0 Å². The van der Waals surface area contributed by atoms with Crippen molar-refractivity contribution in [2.24, 2.45) is 0 Å². The zero-order valence-corrected chi connectivity index (χ0v) is 22.7. The molecule has 0 saturated carbocycles. The lowest BCUT2D eigenvalue weighted by molar-refractivity contribution is 0.128. The second-order valence-corrected chi connectivity index (χ2v) is 11.5. The first-order chi connectivity index (χ1) is 16.4.